The van der Waals surface area contributed by atoms with Gasteiger partial charge in [-0.15, -0.1) is 0 Å². The number of rotatable bonds is 4. The summed E-state index contributed by atoms with van der Waals surface area (Å²) in [5.74, 6) is 14.0. The summed E-state index contributed by atoms with van der Waals surface area (Å²) in [6, 6.07) is 23.5. The SMILES string of the molecule is CN(C)c1ccc(-c2nc3c(C#Cc4ccncc4)c4oc(-c5ccc(N(C)C)cc5)nc4c(C#Cc4ccncc4)c3o2)cc1. The van der Waals surface area contributed by atoms with Crippen LogP contribution in [0.1, 0.15) is 22.3 Å². The van der Waals surface area contributed by atoms with Gasteiger partial charge in [-0.2, -0.15) is 0 Å². The van der Waals surface area contributed by atoms with Gasteiger partial charge in [-0.25, -0.2) is 9.97 Å². The van der Waals surface area contributed by atoms with Crippen LogP contribution in [0.2, 0.25) is 0 Å². The Labute approximate surface area is 266 Å². The largest absolute Gasteiger partial charge is 0.435 e. The molecule has 3 aromatic carbocycles. The molecule has 0 radical (unpaired) electrons. The molecule has 4 aromatic heterocycles. The van der Waals surface area contributed by atoms with E-state index in [9.17, 15) is 0 Å². The highest BCUT2D eigenvalue weighted by Gasteiger charge is 2.24. The van der Waals surface area contributed by atoms with E-state index in [2.05, 4.69) is 33.6 Å². The van der Waals surface area contributed by atoms with Crippen molar-refractivity contribution in [3.05, 3.63) is 120 Å². The van der Waals surface area contributed by atoms with E-state index in [0.29, 0.717) is 45.1 Å². The third kappa shape index (κ3) is 5.52. The van der Waals surface area contributed by atoms with Crippen LogP contribution in [0.5, 0.6) is 0 Å². The summed E-state index contributed by atoms with van der Waals surface area (Å²) in [6.07, 6.45) is 6.84. The zero-order valence-corrected chi connectivity index (χ0v) is 25.7. The molecule has 0 bridgehead atoms. The Hall–Kier alpha value is -6.38. The Morgan fingerprint density at radius 3 is 1.20 bits per heavy atom. The van der Waals surface area contributed by atoms with Crippen molar-refractivity contribution in [2.24, 2.45) is 0 Å². The number of oxazole rings is 2. The van der Waals surface area contributed by atoms with Gasteiger partial charge in [0, 0.05) is 86.6 Å². The maximum Gasteiger partial charge on any atom is 0.227 e. The van der Waals surface area contributed by atoms with E-state index in [4.69, 9.17) is 18.8 Å². The lowest BCUT2D eigenvalue weighted by atomic mass is 10.1. The molecule has 0 N–H and O–H groups in total. The van der Waals surface area contributed by atoms with Crippen LogP contribution in [0, 0.1) is 23.7 Å². The molecule has 7 aromatic rings. The molecule has 0 saturated carbocycles. The van der Waals surface area contributed by atoms with E-state index in [1.807, 2.05) is 111 Å². The van der Waals surface area contributed by atoms with Gasteiger partial charge in [-0.1, -0.05) is 23.7 Å². The van der Waals surface area contributed by atoms with Crippen LogP contribution >= 0.6 is 0 Å². The van der Waals surface area contributed by atoms with Crippen LogP contribution in [0.3, 0.4) is 0 Å². The van der Waals surface area contributed by atoms with Gasteiger partial charge in [0.15, 0.2) is 11.2 Å². The quantitative estimate of drug-likeness (QED) is 0.199. The van der Waals surface area contributed by atoms with Gasteiger partial charge in [-0.3, -0.25) is 9.97 Å². The van der Waals surface area contributed by atoms with Gasteiger partial charge in [0.05, 0.1) is 11.1 Å². The van der Waals surface area contributed by atoms with Gasteiger partial charge < -0.3 is 18.6 Å². The number of anilines is 2. The number of pyridine rings is 2. The number of benzene rings is 3. The number of fused-ring (bicyclic) bond motifs is 2. The maximum atomic E-state index is 6.53. The first-order valence-corrected chi connectivity index (χ1v) is 14.6. The summed E-state index contributed by atoms with van der Waals surface area (Å²) in [5.41, 5.74) is 8.62. The lowest BCUT2D eigenvalue weighted by Crippen LogP contribution is -2.07. The first-order valence-electron chi connectivity index (χ1n) is 14.6. The highest BCUT2D eigenvalue weighted by atomic mass is 16.4. The molecule has 0 atom stereocenters. The molecule has 0 saturated heterocycles. The van der Waals surface area contributed by atoms with Gasteiger partial charge in [0.1, 0.15) is 11.0 Å². The van der Waals surface area contributed by atoms with Crippen molar-refractivity contribution in [2.75, 3.05) is 38.0 Å². The molecule has 7 rings (SSSR count). The Bertz CT molecular complexity index is 2080. The lowest BCUT2D eigenvalue weighted by Gasteiger charge is -2.11. The number of nitrogens with zero attached hydrogens (tertiary/aromatic N) is 6. The molecule has 0 aliphatic heterocycles. The smallest absolute Gasteiger partial charge is 0.227 e. The second-order valence-corrected chi connectivity index (χ2v) is 11.0. The number of aromatic nitrogens is 4. The molecule has 0 aliphatic rings. The van der Waals surface area contributed by atoms with Crippen molar-refractivity contribution < 1.29 is 8.83 Å². The third-order valence-electron chi connectivity index (χ3n) is 7.47. The van der Waals surface area contributed by atoms with E-state index in [0.717, 1.165) is 33.6 Å². The Balaban J connectivity index is 1.50. The third-order valence-corrected chi connectivity index (χ3v) is 7.47. The summed E-state index contributed by atoms with van der Waals surface area (Å²) in [6.45, 7) is 0. The Kier molecular flexibility index (Phi) is 7.38. The predicted octanol–water partition coefficient (Wildman–Crippen LogP) is 7.02. The molecule has 46 heavy (non-hydrogen) atoms. The minimum atomic E-state index is 0.450. The fraction of sp³-hybridized carbons (Fsp3) is 0.105. The standard InChI is InChI=1S/C38H28N6O2/c1-43(2)29-11-7-27(8-12-29)37-41-33-31(15-5-25-17-21-39-22-18-25)36-34(32(35(33)45-37)16-6-26-19-23-40-24-20-26)42-38(46-36)28-9-13-30(14-10-28)44(3)4/h7-14,17-24H,1-4H3. The fourth-order valence-corrected chi connectivity index (χ4v) is 4.96. The first kappa shape index (κ1) is 28.4. The molecule has 0 amide bonds. The molecule has 0 aliphatic carbocycles. The molecule has 8 heteroatoms. The van der Waals surface area contributed by atoms with Crippen LogP contribution in [-0.2, 0) is 0 Å². The van der Waals surface area contributed by atoms with E-state index in [1.54, 1.807) is 24.8 Å². The van der Waals surface area contributed by atoms with Crippen molar-refractivity contribution >= 4 is 33.6 Å². The van der Waals surface area contributed by atoms with Gasteiger partial charge in [-0.05, 0) is 72.8 Å². The van der Waals surface area contributed by atoms with Crippen LogP contribution < -0.4 is 9.80 Å². The van der Waals surface area contributed by atoms with Crippen molar-refractivity contribution in [2.45, 2.75) is 0 Å². The molecule has 0 spiro atoms. The molecule has 222 valence electrons. The summed E-state index contributed by atoms with van der Waals surface area (Å²) in [4.78, 5) is 22.3. The first-order chi connectivity index (χ1) is 22.4. The normalized spacial score (nSPS) is 10.7. The zero-order chi connectivity index (χ0) is 31.6. The van der Waals surface area contributed by atoms with Gasteiger partial charge in [0.25, 0.3) is 0 Å². The van der Waals surface area contributed by atoms with Gasteiger partial charge in [0.2, 0.25) is 11.8 Å². The average molecular weight is 601 g/mol. The van der Waals surface area contributed by atoms with Crippen LogP contribution in [0.15, 0.2) is 106 Å². The van der Waals surface area contributed by atoms with Crippen molar-refractivity contribution in [3.8, 4) is 46.6 Å². The Morgan fingerprint density at radius 2 is 0.848 bits per heavy atom. The van der Waals surface area contributed by atoms with E-state index in [1.165, 1.54) is 0 Å². The Morgan fingerprint density at radius 1 is 0.478 bits per heavy atom. The number of hydrogen-bond acceptors (Lipinski definition) is 8. The van der Waals surface area contributed by atoms with Crippen molar-refractivity contribution in [3.63, 3.8) is 0 Å². The predicted molar refractivity (Wildman–Crippen MR) is 182 cm³/mol. The molecular weight excluding hydrogens is 572 g/mol. The van der Waals surface area contributed by atoms with Crippen LogP contribution in [0.25, 0.3) is 45.1 Å². The second kappa shape index (κ2) is 12.0. The van der Waals surface area contributed by atoms with E-state index < -0.39 is 0 Å². The average Bonchev–Trinajstić information content (AvgIpc) is 3.73. The van der Waals surface area contributed by atoms with E-state index in [-0.39, 0.29) is 0 Å². The fourth-order valence-electron chi connectivity index (χ4n) is 4.96. The summed E-state index contributed by atoms with van der Waals surface area (Å²) in [7, 11) is 8.01. The van der Waals surface area contributed by atoms with E-state index >= 15 is 0 Å². The molecule has 0 fully saturated rings. The highest BCUT2D eigenvalue weighted by molar-refractivity contribution is 6.04. The molecule has 4 heterocycles. The summed E-state index contributed by atoms with van der Waals surface area (Å²) < 4.78 is 13.1. The monoisotopic (exact) mass is 600 g/mol. The van der Waals surface area contributed by atoms with Crippen LogP contribution in [0.4, 0.5) is 11.4 Å². The lowest BCUT2D eigenvalue weighted by molar-refractivity contribution is 0.617. The molecular formula is C38H28N6O2. The zero-order valence-electron chi connectivity index (χ0n) is 25.7. The minimum Gasteiger partial charge on any atom is -0.435 e. The maximum absolute atomic E-state index is 6.53. The van der Waals surface area contributed by atoms with Gasteiger partial charge >= 0.3 is 0 Å². The minimum absolute atomic E-state index is 0.450. The molecule has 0 unspecified atom stereocenters. The summed E-state index contributed by atoms with van der Waals surface area (Å²) >= 11 is 0. The van der Waals surface area contributed by atoms with Crippen LogP contribution in [-0.4, -0.2) is 48.1 Å². The van der Waals surface area contributed by atoms with Crippen molar-refractivity contribution in [1.29, 1.82) is 0 Å². The highest BCUT2D eigenvalue weighted by Crippen LogP contribution is 2.37. The molecule has 8 nitrogen and oxygen atoms in total. The van der Waals surface area contributed by atoms with Crippen molar-refractivity contribution in [1.82, 2.24) is 19.9 Å². The number of hydrogen-bond donors (Lipinski definition) is 0. The topological polar surface area (TPSA) is 84.3 Å². The summed E-state index contributed by atoms with van der Waals surface area (Å²) in [5, 5.41) is 0. The second-order valence-electron chi connectivity index (χ2n) is 11.0.